The van der Waals surface area contributed by atoms with Crippen molar-refractivity contribution in [1.82, 2.24) is 15.3 Å². The molecule has 0 radical (unpaired) electrons. The summed E-state index contributed by atoms with van der Waals surface area (Å²) in [6.45, 7) is 13.2. The van der Waals surface area contributed by atoms with Crippen LogP contribution in [0.1, 0.15) is 59.8 Å². The van der Waals surface area contributed by atoms with Gasteiger partial charge in [0.1, 0.15) is 0 Å². The number of rotatable bonds is 4. The molecule has 2 heterocycles. The molecule has 0 amide bonds. The van der Waals surface area contributed by atoms with Crippen LogP contribution in [0.2, 0.25) is 0 Å². The fourth-order valence-electron chi connectivity index (χ4n) is 3.79. The van der Waals surface area contributed by atoms with E-state index in [4.69, 9.17) is 0 Å². The van der Waals surface area contributed by atoms with E-state index in [0.29, 0.717) is 18.1 Å². The van der Waals surface area contributed by atoms with Crippen molar-refractivity contribution in [3.8, 4) is 0 Å². The molecule has 3 unspecified atom stereocenters. The number of hydrogen-bond acceptors (Lipinski definition) is 3. The van der Waals surface area contributed by atoms with Gasteiger partial charge in [-0.2, -0.15) is 0 Å². The molecule has 3 nitrogen and oxygen atoms in total. The first kappa shape index (κ1) is 15.3. The molecule has 0 saturated carbocycles. The molecular weight excluding hydrogens is 234 g/mol. The summed E-state index contributed by atoms with van der Waals surface area (Å²) in [5, 5.41) is 2.54. The molecule has 0 aromatic carbocycles. The Morgan fingerprint density at radius 2 is 1.63 bits per heavy atom. The number of hydrogen-bond donors (Lipinski definition) is 1. The molecule has 3 heteroatoms. The van der Waals surface area contributed by atoms with Crippen LogP contribution in [-0.4, -0.2) is 47.7 Å². The summed E-state index contributed by atoms with van der Waals surface area (Å²) in [7, 11) is 0. The lowest BCUT2D eigenvalue weighted by Gasteiger charge is -2.43. The Bertz CT molecular complexity index is 251. The predicted molar refractivity (Wildman–Crippen MR) is 82.0 cm³/mol. The van der Waals surface area contributed by atoms with Crippen LogP contribution in [0.3, 0.4) is 0 Å². The third kappa shape index (κ3) is 3.93. The van der Waals surface area contributed by atoms with Crippen LogP contribution in [0.15, 0.2) is 0 Å². The van der Waals surface area contributed by atoms with Gasteiger partial charge in [0.05, 0.1) is 0 Å². The summed E-state index contributed by atoms with van der Waals surface area (Å²) >= 11 is 0. The SMILES string of the molecule is CCN1CCC(C(C)NN2C(C)CCCC2C)CC1. The second-order valence-corrected chi connectivity index (χ2v) is 6.73. The average Bonchev–Trinajstić information content (AvgIpc) is 2.43. The molecule has 2 fully saturated rings. The molecular formula is C16H33N3. The third-order valence-corrected chi connectivity index (χ3v) is 5.33. The van der Waals surface area contributed by atoms with E-state index in [1.807, 2.05) is 0 Å². The van der Waals surface area contributed by atoms with Gasteiger partial charge in [-0.05, 0) is 72.0 Å². The number of piperidine rings is 2. The molecule has 2 rings (SSSR count). The molecule has 2 aliphatic heterocycles. The van der Waals surface area contributed by atoms with Crippen molar-refractivity contribution in [3.05, 3.63) is 0 Å². The van der Waals surface area contributed by atoms with E-state index in [1.54, 1.807) is 0 Å². The summed E-state index contributed by atoms with van der Waals surface area (Å²) < 4.78 is 0. The van der Waals surface area contributed by atoms with Crippen molar-refractivity contribution in [2.75, 3.05) is 19.6 Å². The molecule has 0 spiro atoms. The van der Waals surface area contributed by atoms with Crippen molar-refractivity contribution in [3.63, 3.8) is 0 Å². The molecule has 0 aromatic rings. The second-order valence-electron chi connectivity index (χ2n) is 6.73. The number of hydrazine groups is 1. The van der Waals surface area contributed by atoms with E-state index in [2.05, 4.69) is 43.0 Å². The second kappa shape index (κ2) is 7.05. The van der Waals surface area contributed by atoms with Crippen LogP contribution in [-0.2, 0) is 0 Å². The van der Waals surface area contributed by atoms with Crippen LogP contribution in [0.25, 0.3) is 0 Å². The Morgan fingerprint density at radius 3 is 2.16 bits per heavy atom. The maximum atomic E-state index is 3.84. The molecule has 1 N–H and O–H groups in total. The van der Waals surface area contributed by atoms with Gasteiger partial charge >= 0.3 is 0 Å². The standard InChI is InChI=1S/C16H33N3/c1-5-18-11-9-16(10-12-18)15(4)17-19-13(2)7-6-8-14(19)3/h13-17H,5-12H2,1-4H3. The van der Waals surface area contributed by atoms with E-state index in [9.17, 15) is 0 Å². The summed E-state index contributed by atoms with van der Waals surface area (Å²) in [5.74, 6) is 0.851. The first-order valence-electron chi connectivity index (χ1n) is 8.38. The monoisotopic (exact) mass is 267 g/mol. The normalized spacial score (nSPS) is 33.5. The van der Waals surface area contributed by atoms with Gasteiger partial charge in [0.15, 0.2) is 0 Å². The smallest absolute Gasteiger partial charge is 0.0218 e. The molecule has 0 aliphatic carbocycles. The molecule has 3 atom stereocenters. The Morgan fingerprint density at radius 1 is 1.05 bits per heavy atom. The first-order valence-corrected chi connectivity index (χ1v) is 8.38. The summed E-state index contributed by atoms with van der Waals surface area (Å²) in [6, 6.07) is 2.02. The van der Waals surface area contributed by atoms with E-state index < -0.39 is 0 Å². The zero-order valence-corrected chi connectivity index (χ0v) is 13.4. The van der Waals surface area contributed by atoms with Gasteiger partial charge in [-0.15, -0.1) is 0 Å². The largest absolute Gasteiger partial charge is 0.304 e. The predicted octanol–water partition coefficient (Wildman–Crippen LogP) is 2.87. The van der Waals surface area contributed by atoms with E-state index >= 15 is 0 Å². The fourth-order valence-corrected chi connectivity index (χ4v) is 3.79. The maximum absolute atomic E-state index is 3.84. The zero-order valence-electron chi connectivity index (χ0n) is 13.4. The molecule has 0 aromatic heterocycles. The number of nitrogens with zero attached hydrogens (tertiary/aromatic N) is 2. The fraction of sp³-hybridized carbons (Fsp3) is 1.00. The molecule has 2 aliphatic rings. The van der Waals surface area contributed by atoms with Crippen LogP contribution < -0.4 is 5.43 Å². The minimum atomic E-state index is 0.627. The molecule has 112 valence electrons. The topological polar surface area (TPSA) is 18.5 Å². The van der Waals surface area contributed by atoms with Gasteiger partial charge in [-0.1, -0.05) is 13.3 Å². The summed E-state index contributed by atoms with van der Waals surface area (Å²) in [5.41, 5.74) is 3.84. The van der Waals surface area contributed by atoms with Crippen LogP contribution in [0, 0.1) is 5.92 Å². The van der Waals surface area contributed by atoms with E-state index in [1.165, 1.54) is 51.7 Å². The lowest BCUT2D eigenvalue weighted by atomic mass is 9.90. The van der Waals surface area contributed by atoms with Crippen molar-refractivity contribution >= 4 is 0 Å². The third-order valence-electron chi connectivity index (χ3n) is 5.33. The Balaban J connectivity index is 1.81. The Kier molecular flexibility index (Phi) is 5.67. The number of nitrogens with one attached hydrogen (secondary N) is 1. The lowest BCUT2D eigenvalue weighted by molar-refractivity contribution is 0.0145. The Hall–Kier alpha value is -0.120. The first-order chi connectivity index (χ1) is 9.11. The van der Waals surface area contributed by atoms with Crippen molar-refractivity contribution in [1.29, 1.82) is 0 Å². The molecule has 19 heavy (non-hydrogen) atoms. The highest BCUT2D eigenvalue weighted by molar-refractivity contribution is 4.82. The summed E-state index contributed by atoms with van der Waals surface area (Å²) in [4.78, 5) is 2.58. The Labute approximate surface area is 119 Å². The van der Waals surface area contributed by atoms with E-state index in [0.717, 1.165) is 5.92 Å². The highest BCUT2D eigenvalue weighted by Gasteiger charge is 2.29. The van der Waals surface area contributed by atoms with Gasteiger partial charge in [-0.3, -0.25) is 5.43 Å². The quantitative estimate of drug-likeness (QED) is 0.845. The van der Waals surface area contributed by atoms with Gasteiger partial charge in [0, 0.05) is 18.1 Å². The van der Waals surface area contributed by atoms with Crippen molar-refractivity contribution < 1.29 is 0 Å². The molecule has 2 saturated heterocycles. The minimum absolute atomic E-state index is 0.627. The van der Waals surface area contributed by atoms with Crippen LogP contribution in [0.4, 0.5) is 0 Å². The highest BCUT2D eigenvalue weighted by Crippen LogP contribution is 2.24. The highest BCUT2D eigenvalue weighted by atomic mass is 15.5. The van der Waals surface area contributed by atoms with Crippen LogP contribution in [0.5, 0.6) is 0 Å². The van der Waals surface area contributed by atoms with Gasteiger partial charge in [-0.25, -0.2) is 5.01 Å². The number of likely N-dealkylation sites (tertiary alicyclic amines) is 1. The molecule has 0 bridgehead atoms. The van der Waals surface area contributed by atoms with Crippen molar-refractivity contribution in [2.24, 2.45) is 5.92 Å². The maximum Gasteiger partial charge on any atom is 0.0218 e. The summed E-state index contributed by atoms with van der Waals surface area (Å²) in [6.07, 6.45) is 6.80. The minimum Gasteiger partial charge on any atom is -0.304 e. The zero-order chi connectivity index (χ0) is 13.8. The van der Waals surface area contributed by atoms with E-state index in [-0.39, 0.29) is 0 Å². The van der Waals surface area contributed by atoms with Crippen LogP contribution >= 0.6 is 0 Å². The van der Waals surface area contributed by atoms with Crippen molar-refractivity contribution in [2.45, 2.75) is 77.9 Å². The van der Waals surface area contributed by atoms with Gasteiger partial charge < -0.3 is 4.90 Å². The van der Waals surface area contributed by atoms with Gasteiger partial charge in [0.25, 0.3) is 0 Å². The lowest BCUT2D eigenvalue weighted by Crippen LogP contribution is -2.57. The average molecular weight is 267 g/mol. The van der Waals surface area contributed by atoms with Gasteiger partial charge in [0.2, 0.25) is 0 Å².